The molecule has 0 saturated heterocycles. The Bertz CT molecular complexity index is 468. The third kappa shape index (κ3) is 3.55. The molecule has 0 spiro atoms. The van der Waals surface area contributed by atoms with Gasteiger partial charge in [0.2, 0.25) is 0 Å². The molecule has 0 fully saturated rings. The highest BCUT2D eigenvalue weighted by Crippen LogP contribution is 2.26. The first-order valence-electron chi connectivity index (χ1n) is 5.74. The van der Waals surface area contributed by atoms with Crippen LogP contribution in [0.15, 0.2) is 6.20 Å². The van der Waals surface area contributed by atoms with E-state index in [-0.39, 0.29) is 12.6 Å². The van der Waals surface area contributed by atoms with Crippen LogP contribution in [0.4, 0.5) is 0 Å². The van der Waals surface area contributed by atoms with Crippen molar-refractivity contribution >= 4 is 11.9 Å². The van der Waals surface area contributed by atoms with E-state index < -0.39 is 5.97 Å². The van der Waals surface area contributed by atoms with Crippen molar-refractivity contribution in [3.63, 3.8) is 0 Å². The second-order valence-electron chi connectivity index (χ2n) is 3.90. The average Bonchev–Trinajstić information content (AvgIpc) is 2.29. The summed E-state index contributed by atoms with van der Waals surface area (Å²) in [5, 5.41) is 0. The van der Waals surface area contributed by atoms with Gasteiger partial charge in [0.15, 0.2) is 5.75 Å². The van der Waals surface area contributed by atoms with Crippen molar-refractivity contribution in [2.45, 2.75) is 40.7 Å². The molecule has 0 amide bonds. The van der Waals surface area contributed by atoms with Gasteiger partial charge in [-0.15, -0.1) is 0 Å². The number of aromatic nitrogens is 1. The Kier molecular flexibility index (Phi) is 4.83. The van der Waals surface area contributed by atoms with Crippen LogP contribution >= 0.6 is 0 Å². The maximum atomic E-state index is 11.1. The van der Waals surface area contributed by atoms with E-state index in [2.05, 4.69) is 4.98 Å². The lowest BCUT2D eigenvalue weighted by atomic mass is 10.1. The summed E-state index contributed by atoms with van der Waals surface area (Å²) in [5.74, 6) is -0.402. The fourth-order valence-corrected chi connectivity index (χ4v) is 1.59. The first-order chi connectivity index (χ1) is 8.45. The van der Waals surface area contributed by atoms with Gasteiger partial charge in [0.05, 0.1) is 5.69 Å². The summed E-state index contributed by atoms with van der Waals surface area (Å²) in [6.45, 7) is 6.46. The van der Waals surface area contributed by atoms with Crippen molar-refractivity contribution in [3.8, 4) is 5.75 Å². The van der Waals surface area contributed by atoms with Gasteiger partial charge in [-0.1, -0.05) is 6.92 Å². The first kappa shape index (κ1) is 14.2. The van der Waals surface area contributed by atoms with Gasteiger partial charge in [-0.25, -0.2) is 0 Å². The van der Waals surface area contributed by atoms with E-state index in [1.807, 2.05) is 6.92 Å². The Morgan fingerprint density at radius 2 is 1.94 bits per heavy atom. The molecule has 0 radical (unpaired) electrons. The summed E-state index contributed by atoms with van der Waals surface area (Å²) in [6, 6.07) is 0. The summed E-state index contributed by atoms with van der Waals surface area (Å²) >= 11 is 0. The second-order valence-corrected chi connectivity index (χ2v) is 3.90. The molecule has 0 atom stereocenters. The zero-order chi connectivity index (χ0) is 13.7. The Hall–Kier alpha value is -1.91. The number of ether oxygens (including phenoxy) is 2. The molecule has 0 aliphatic carbocycles. The van der Waals surface area contributed by atoms with Crippen LogP contribution in [0.2, 0.25) is 0 Å². The molecule has 0 aliphatic rings. The van der Waals surface area contributed by atoms with Crippen molar-refractivity contribution in [3.05, 3.63) is 23.0 Å². The highest BCUT2D eigenvalue weighted by Gasteiger charge is 2.16. The zero-order valence-corrected chi connectivity index (χ0v) is 11.1. The molecule has 0 saturated carbocycles. The van der Waals surface area contributed by atoms with Gasteiger partial charge in [0, 0.05) is 25.6 Å². The van der Waals surface area contributed by atoms with E-state index in [0.717, 1.165) is 12.0 Å². The minimum Gasteiger partial charge on any atom is -0.461 e. The van der Waals surface area contributed by atoms with E-state index in [1.165, 1.54) is 13.8 Å². The van der Waals surface area contributed by atoms with Crippen LogP contribution in [0.25, 0.3) is 0 Å². The van der Waals surface area contributed by atoms with E-state index in [9.17, 15) is 9.59 Å². The minimum absolute atomic E-state index is 0.0878. The molecule has 0 aliphatic heterocycles. The van der Waals surface area contributed by atoms with E-state index in [4.69, 9.17) is 9.47 Å². The highest BCUT2D eigenvalue weighted by atomic mass is 16.5. The number of esters is 2. The van der Waals surface area contributed by atoms with Gasteiger partial charge >= 0.3 is 11.9 Å². The van der Waals surface area contributed by atoms with Gasteiger partial charge in [-0.2, -0.15) is 0 Å². The maximum Gasteiger partial charge on any atom is 0.308 e. The number of carbonyl (C=O) groups is 2. The third-order valence-electron chi connectivity index (χ3n) is 2.45. The lowest BCUT2D eigenvalue weighted by Crippen LogP contribution is -2.11. The monoisotopic (exact) mass is 251 g/mol. The van der Waals surface area contributed by atoms with Crippen LogP contribution < -0.4 is 4.74 Å². The predicted octanol–water partition coefficient (Wildman–Crippen LogP) is 1.94. The summed E-state index contributed by atoms with van der Waals surface area (Å²) in [5.41, 5.74) is 2.21. The SMILES string of the molecule is CCc1cnc(C)c(OC(C)=O)c1COC(C)=O. The molecular formula is C13H17NO4. The van der Waals surface area contributed by atoms with Crippen LogP contribution in [-0.2, 0) is 27.4 Å². The number of hydrogen-bond acceptors (Lipinski definition) is 5. The Morgan fingerprint density at radius 3 is 2.44 bits per heavy atom. The van der Waals surface area contributed by atoms with E-state index in [1.54, 1.807) is 13.1 Å². The van der Waals surface area contributed by atoms with Crippen LogP contribution in [0, 0.1) is 6.92 Å². The third-order valence-corrected chi connectivity index (χ3v) is 2.45. The molecule has 5 heteroatoms. The van der Waals surface area contributed by atoms with Gasteiger partial charge < -0.3 is 9.47 Å². The standard InChI is InChI=1S/C13H17NO4/c1-5-11-6-14-8(2)13(18-10(4)16)12(11)7-17-9(3)15/h6H,5,7H2,1-4H3. The normalized spacial score (nSPS) is 10.0. The molecule has 0 bridgehead atoms. The summed E-state index contributed by atoms with van der Waals surface area (Å²) < 4.78 is 10.1. The van der Waals surface area contributed by atoms with Crippen molar-refractivity contribution < 1.29 is 19.1 Å². The molecule has 1 heterocycles. The van der Waals surface area contributed by atoms with Crippen LogP contribution in [0.1, 0.15) is 37.6 Å². The van der Waals surface area contributed by atoms with Gasteiger partial charge in [0.1, 0.15) is 6.61 Å². The topological polar surface area (TPSA) is 65.5 Å². The Balaban J connectivity index is 3.17. The van der Waals surface area contributed by atoms with Crippen LogP contribution in [0.3, 0.4) is 0 Å². The molecule has 1 aromatic rings. The lowest BCUT2D eigenvalue weighted by Gasteiger charge is -2.14. The number of rotatable bonds is 4. The lowest BCUT2D eigenvalue weighted by molar-refractivity contribution is -0.142. The number of hydrogen-bond donors (Lipinski definition) is 0. The molecule has 5 nitrogen and oxygen atoms in total. The van der Waals surface area contributed by atoms with Crippen molar-refractivity contribution in [2.24, 2.45) is 0 Å². The Labute approximate surface area is 106 Å². The van der Waals surface area contributed by atoms with E-state index >= 15 is 0 Å². The number of aryl methyl sites for hydroxylation is 2. The smallest absolute Gasteiger partial charge is 0.308 e. The second kappa shape index (κ2) is 6.14. The highest BCUT2D eigenvalue weighted by molar-refractivity contribution is 5.70. The number of nitrogens with zero attached hydrogens (tertiary/aromatic N) is 1. The number of pyridine rings is 1. The maximum absolute atomic E-state index is 11.1. The Morgan fingerprint density at radius 1 is 1.28 bits per heavy atom. The quantitative estimate of drug-likeness (QED) is 0.765. The largest absolute Gasteiger partial charge is 0.461 e. The van der Waals surface area contributed by atoms with Crippen molar-refractivity contribution in [2.75, 3.05) is 0 Å². The fraction of sp³-hybridized carbons (Fsp3) is 0.462. The summed E-state index contributed by atoms with van der Waals surface area (Å²) in [6.07, 6.45) is 2.43. The van der Waals surface area contributed by atoms with Crippen molar-refractivity contribution in [1.82, 2.24) is 4.98 Å². The van der Waals surface area contributed by atoms with Gasteiger partial charge in [-0.05, 0) is 18.9 Å². The van der Waals surface area contributed by atoms with Crippen molar-refractivity contribution in [1.29, 1.82) is 0 Å². The van der Waals surface area contributed by atoms with Crippen LogP contribution in [-0.4, -0.2) is 16.9 Å². The molecule has 1 aromatic heterocycles. The zero-order valence-electron chi connectivity index (χ0n) is 11.1. The minimum atomic E-state index is -0.419. The first-order valence-corrected chi connectivity index (χ1v) is 5.74. The van der Waals surface area contributed by atoms with E-state index in [0.29, 0.717) is 17.0 Å². The molecule has 1 rings (SSSR count). The predicted molar refractivity (Wildman–Crippen MR) is 65.1 cm³/mol. The molecule has 0 aromatic carbocycles. The van der Waals surface area contributed by atoms with Gasteiger partial charge in [-0.3, -0.25) is 14.6 Å². The molecule has 0 N–H and O–H groups in total. The fourth-order valence-electron chi connectivity index (χ4n) is 1.59. The average molecular weight is 251 g/mol. The summed E-state index contributed by atoms with van der Waals surface area (Å²) in [4.78, 5) is 26.2. The molecular weight excluding hydrogens is 234 g/mol. The molecule has 18 heavy (non-hydrogen) atoms. The van der Waals surface area contributed by atoms with Gasteiger partial charge in [0.25, 0.3) is 0 Å². The molecule has 98 valence electrons. The number of carbonyl (C=O) groups excluding carboxylic acids is 2. The summed E-state index contributed by atoms with van der Waals surface area (Å²) in [7, 11) is 0. The molecule has 0 unspecified atom stereocenters. The van der Waals surface area contributed by atoms with Crippen LogP contribution in [0.5, 0.6) is 5.75 Å².